The molecule has 0 saturated carbocycles. The van der Waals surface area contributed by atoms with Crippen LogP contribution in [0.4, 0.5) is 0 Å². The van der Waals surface area contributed by atoms with Gasteiger partial charge in [-0.1, -0.05) is 48.2 Å². The number of ether oxygens (including phenoxy) is 3. The van der Waals surface area contributed by atoms with E-state index in [1.54, 1.807) is 12.0 Å². The highest BCUT2D eigenvalue weighted by Gasteiger charge is 2.30. The van der Waals surface area contributed by atoms with Crippen molar-refractivity contribution in [2.45, 2.75) is 13.3 Å². The summed E-state index contributed by atoms with van der Waals surface area (Å²) in [5.41, 5.74) is 0.859. The van der Waals surface area contributed by atoms with Crippen molar-refractivity contribution >= 4 is 40.3 Å². The van der Waals surface area contributed by atoms with E-state index in [1.165, 1.54) is 11.8 Å². The molecule has 2 aromatic carbocycles. The van der Waals surface area contributed by atoms with Crippen molar-refractivity contribution in [2.75, 3.05) is 26.9 Å². The standard InChI is InChI=1S/C22H23NO4S2/c1-3-23-21(24)20(29-22(23)28)14-16-8-4-5-11-19(16)27-13-7-12-26-18-10-6-9-17(15-18)25-2/h4-6,8-11,14-15H,3,7,12-13H2,1-2H3/b20-14+. The molecule has 0 radical (unpaired) electrons. The van der Waals surface area contributed by atoms with Crippen molar-refractivity contribution in [2.24, 2.45) is 0 Å². The number of rotatable bonds is 9. The minimum absolute atomic E-state index is 0.0519. The van der Waals surface area contributed by atoms with Crippen LogP contribution in [0.5, 0.6) is 17.2 Å². The first-order chi connectivity index (χ1) is 14.1. The number of methoxy groups -OCH3 is 1. The number of amides is 1. The molecule has 0 bridgehead atoms. The summed E-state index contributed by atoms with van der Waals surface area (Å²) in [6, 6.07) is 15.2. The fraction of sp³-hybridized carbons (Fsp3) is 0.273. The highest BCUT2D eigenvalue weighted by Crippen LogP contribution is 2.34. The predicted molar refractivity (Wildman–Crippen MR) is 121 cm³/mol. The Bertz CT molecular complexity index is 913. The Labute approximate surface area is 180 Å². The summed E-state index contributed by atoms with van der Waals surface area (Å²) in [6.07, 6.45) is 2.57. The van der Waals surface area contributed by atoms with E-state index in [1.807, 2.05) is 61.5 Å². The lowest BCUT2D eigenvalue weighted by atomic mass is 10.2. The van der Waals surface area contributed by atoms with Crippen LogP contribution in [-0.4, -0.2) is 42.0 Å². The molecule has 152 valence electrons. The Morgan fingerprint density at radius 1 is 1.07 bits per heavy atom. The summed E-state index contributed by atoms with van der Waals surface area (Å²) in [4.78, 5) is 14.6. The molecule has 1 aliphatic rings. The summed E-state index contributed by atoms with van der Waals surface area (Å²) in [6.45, 7) is 3.53. The Kier molecular flexibility index (Phi) is 7.55. The van der Waals surface area contributed by atoms with Gasteiger partial charge in [0.15, 0.2) is 0 Å². The van der Waals surface area contributed by atoms with Gasteiger partial charge in [-0.05, 0) is 31.2 Å². The van der Waals surface area contributed by atoms with Gasteiger partial charge >= 0.3 is 0 Å². The summed E-state index contributed by atoms with van der Waals surface area (Å²) < 4.78 is 17.4. The van der Waals surface area contributed by atoms with Gasteiger partial charge in [-0.2, -0.15) is 0 Å². The largest absolute Gasteiger partial charge is 0.497 e. The van der Waals surface area contributed by atoms with Crippen LogP contribution in [0.3, 0.4) is 0 Å². The van der Waals surface area contributed by atoms with E-state index >= 15 is 0 Å². The predicted octanol–water partition coefficient (Wildman–Crippen LogP) is 4.76. The Morgan fingerprint density at radius 2 is 1.83 bits per heavy atom. The molecule has 0 N–H and O–H groups in total. The fourth-order valence-electron chi connectivity index (χ4n) is 2.77. The van der Waals surface area contributed by atoms with E-state index in [2.05, 4.69) is 0 Å². The second-order valence-corrected chi connectivity index (χ2v) is 7.87. The number of hydrogen-bond donors (Lipinski definition) is 0. The lowest BCUT2D eigenvalue weighted by Gasteiger charge is -2.11. The number of nitrogens with zero attached hydrogens (tertiary/aromatic N) is 1. The van der Waals surface area contributed by atoms with Gasteiger partial charge < -0.3 is 14.2 Å². The molecular weight excluding hydrogens is 406 g/mol. The van der Waals surface area contributed by atoms with Gasteiger partial charge in [0.2, 0.25) is 0 Å². The van der Waals surface area contributed by atoms with Crippen LogP contribution in [0.1, 0.15) is 18.9 Å². The molecular formula is C22H23NO4S2. The molecule has 29 heavy (non-hydrogen) atoms. The molecule has 2 aromatic rings. The minimum Gasteiger partial charge on any atom is -0.497 e. The molecule has 1 fully saturated rings. The summed E-state index contributed by atoms with van der Waals surface area (Å²) in [5.74, 6) is 2.21. The number of thioether (sulfide) groups is 1. The first-order valence-corrected chi connectivity index (χ1v) is 10.6. The Balaban J connectivity index is 1.55. The second-order valence-electron chi connectivity index (χ2n) is 6.19. The van der Waals surface area contributed by atoms with Crippen molar-refractivity contribution in [3.63, 3.8) is 0 Å². The van der Waals surface area contributed by atoms with Gasteiger partial charge in [0.1, 0.15) is 21.6 Å². The number of thiocarbonyl (C=S) groups is 1. The highest BCUT2D eigenvalue weighted by atomic mass is 32.2. The normalized spacial score (nSPS) is 15.1. The maximum absolute atomic E-state index is 12.4. The molecule has 0 aromatic heterocycles. The van der Waals surface area contributed by atoms with Crippen molar-refractivity contribution in [1.82, 2.24) is 4.90 Å². The zero-order valence-electron chi connectivity index (χ0n) is 16.4. The average Bonchev–Trinajstić information content (AvgIpc) is 3.01. The van der Waals surface area contributed by atoms with E-state index < -0.39 is 0 Å². The molecule has 7 heteroatoms. The van der Waals surface area contributed by atoms with Gasteiger partial charge in [0, 0.05) is 24.6 Å². The van der Waals surface area contributed by atoms with Crippen molar-refractivity contribution in [1.29, 1.82) is 0 Å². The third-order valence-corrected chi connectivity index (χ3v) is 5.63. The van der Waals surface area contributed by atoms with Crippen LogP contribution in [-0.2, 0) is 4.79 Å². The van der Waals surface area contributed by atoms with Crippen LogP contribution >= 0.6 is 24.0 Å². The molecule has 0 spiro atoms. The zero-order valence-corrected chi connectivity index (χ0v) is 18.1. The number of likely N-dealkylation sites (N-methyl/N-ethyl adjacent to an activating group) is 1. The lowest BCUT2D eigenvalue weighted by Crippen LogP contribution is -2.27. The molecule has 3 rings (SSSR count). The van der Waals surface area contributed by atoms with Crippen molar-refractivity contribution in [3.05, 3.63) is 59.0 Å². The fourth-order valence-corrected chi connectivity index (χ4v) is 4.14. The van der Waals surface area contributed by atoms with E-state index in [0.717, 1.165) is 29.2 Å². The number of carbonyl (C=O) groups excluding carboxylic acids is 1. The van der Waals surface area contributed by atoms with Crippen molar-refractivity contribution < 1.29 is 19.0 Å². The van der Waals surface area contributed by atoms with Crippen LogP contribution in [0.2, 0.25) is 0 Å². The molecule has 0 unspecified atom stereocenters. The Hall–Kier alpha value is -2.51. The van der Waals surface area contributed by atoms with Crippen LogP contribution < -0.4 is 14.2 Å². The van der Waals surface area contributed by atoms with E-state index in [9.17, 15) is 4.79 Å². The van der Waals surface area contributed by atoms with E-state index in [-0.39, 0.29) is 5.91 Å². The molecule has 1 aliphatic heterocycles. The number of hydrogen-bond acceptors (Lipinski definition) is 6. The molecule has 1 saturated heterocycles. The van der Waals surface area contributed by atoms with Crippen LogP contribution in [0.15, 0.2) is 53.4 Å². The third-order valence-electron chi connectivity index (χ3n) is 4.25. The van der Waals surface area contributed by atoms with E-state index in [0.29, 0.717) is 29.0 Å². The topological polar surface area (TPSA) is 48.0 Å². The highest BCUT2D eigenvalue weighted by molar-refractivity contribution is 8.26. The monoisotopic (exact) mass is 429 g/mol. The first kappa shape index (κ1) is 21.2. The van der Waals surface area contributed by atoms with Gasteiger partial charge in [-0.15, -0.1) is 0 Å². The van der Waals surface area contributed by atoms with Gasteiger partial charge in [-0.25, -0.2) is 0 Å². The third kappa shape index (κ3) is 5.52. The van der Waals surface area contributed by atoms with Gasteiger partial charge in [0.05, 0.1) is 25.2 Å². The minimum atomic E-state index is -0.0519. The summed E-state index contributed by atoms with van der Waals surface area (Å²) in [7, 11) is 1.63. The number of benzene rings is 2. The number of carbonyl (C=O) groups is 1. The van der Waals surface area contributed by atoms with Crippen molar-refractivity contribution in [3.8, 4) is 17.2 Å². The lowest BCUT2D eigenvalue weighted by molar-refractivity contribution is -0.121. The van der Waals surface area contributed by atoms with Crippen LogP contribution in [0.25, 0.3) is 6.08 Å². The zero-order chi connectivity index (χ0) is 20.6. The average molecular weight is 430 g/mol. The molecule has 5 nitrogen and oxygen atoms in total. The molecule has 0 aliphatic carbocycles. The van der Waals surface area contributed by atoms with E-state index in [4.69, 9.17) is 26.4 Å². The van der Waals surface area contributed by atoms with Gasteiger partial charge in [-0.3, -0.25) is 9.69 Å². The maximum atomic E-state index is 12.4. The molecule has 1 heterocycles. The smallest absolute Gasteiger partial charge is 0.266 e. The SMILES string of the molecule is CCN1C(=O)/C(=C\c2ccccc2OCCCOc2cccc(OC)c2)SC1=S. The summed E-state index contributed by atoms with van der Waals surface area (Å²) in [5, 5.41) is 0. The van der Waals surface area contributed by atoms with Gasteiger partial charge in [0.25, 0.3) is 5.91 Å². The summed E-state index contributed by atoms with van der Waals surface area (Å²) >= 11 is 6.60. The number of para-hydroxylation sites is 1. The Morgan fingerprint density at radius 3 is 2.59 bits per heavy atom. The maximum Gasteiger partial charge on any atom is 0.266 e. The molecule has 1 amide bonds. The van der Waals surface area contributed by atoms with Crippen LogP contribution in [0, 0.1) is 0 Å². The second kappa shape index (κ2) is 10.3. The quantitative estimate of drug-likeness (QED) is 0.325. The first-order valence-electron chi connectivity index (χ1n) is 9.36. The molecule has 0 atom stereocenters.